The SMILES string of the molecule is Cc1csc(=O)n1CCC(=O)N(C)Cc1ccccc1OC(F)(F)F. The van der Waals surface area contributed by atoms with Crippen molar-refractivity contribution in [3.63, 3.8) is 0 Å². The average molecular weight is 374 g/mol. The highest BCUT2D eigenvalue weighted by Gasteiger charge is 2.32. The summed E-state index contributed by atoms with van der Waals surface area (Å²) in [4.78, 5) is 25.0. The number of aromatic nitrogens is 1. The summed E-state index contributed by atoms with van der Waals surface area (Å²) < 4.78 is 42.8. The summed E-state index contributed by atoms with van der Waals surface area (Å²) in [5, 5.41) is 1.71. The number of hydrogen-bond acceptors (Lipinski definition) is 4. The van der Waals surface area contributed by atoms with Gasteiger partial charge < -0.3 is 14.2 Å². The van der Waals surface area contributed by atoms with Crippen molar-refractivity contribution in [2.24, 2.45) is 0 Å². The van der Waals surface area contributed by atoms with Crippen LogP contribution in [0.2, 0.25) is 0 Å². The van der Waals surface area contributed by atoms with Gasteiger partial charge in [-0.25, -0.2) is 0 Å². The number of benzene rings is 1. The van der Waals surface area contributed by atoms with E-state index in [1.54, 1.807) is 18.4 Å². The van der Waals surface area contributed by atoms with Gasteiger partial charge in [0.15, 0.2) is 0 Å². The second-order valence-electron chi connectivity index (χ2n) is 5.45. The molecule has 9 heteroatoms. The predicted molar refractivity (Wildman–Crippen MR) is 87.5 cm³/mol. The number of ether oxygens (including phenoxy) is 1. The average Bonchev–Trinajstić information content (AvgIpc) is 2.84. The van der Waals surface area contributed by atoms with E-state index in [0.29, 0.717) is 0 Å². The highest BCUT2D eigenvalue weighted by molar-refractivity contribution is 7.07. The molecule has 1 aromatic carbocycles. The number of halogens is 3. The van der Waals surface area contributed by atoms with E-state index in [-0.39, 0.29) is 41.6 Å². The Morgan fingerprint density at radius 1 is 1.32 bits per heavy atom. The summed E-state index contributed by atoms with van der Waals surface area (Å²) in [6.07, 6.45) is -4.72. The van der Waals surface area contributed by atoms with Crippen LogP contribution >= 0.6 is 11.3 Å². The summed E-state index contributed by atoms with van der Waals surface area (Å²) in [5.41, 5.74) is 1.02. The minimum atomic E-state index is -4.80. The number of hydrogen-bond donors (Lipinski definition) is 0. The Hall–Kier alpha value is -2.29. The number of thiazole rings is 1. The Morgan fingerprint density at radius 2 is 2.00 bits per heavy atom. The van der Waals surface area contributed by atoms with Crippen LogP contribution in [0.5, 0.6) is 5.75 Å². The molecular formula is C16H17F3N2O3S. The molecule has 1 aromatic heterocycles. The molecule has 0 aliphatic heterocycles. The Labute approximate surface area is 146 Å². The van der Waals surface area contributed by atoms with Crippen LogP contribution in [0.15, 0.2) is 34.4 Å². The molecule has 0 fully saturated rings. The third-order valence-corrected chi connectivity index (χ3v) is 4.44. The zero-order chi connectivity index (χ0) is 18.6. The fourth-order valence-corrected chi connectivity index (χ4v) is 3.04. The standard InChI is InChI=1S/C16H17F3N2O3S/c1-11-10-25-15(23)21(11)8-7-14(22)20(2)9-12-5-3-4-6-13(12)24-16(17,18)19/h3-6,10H,7-9H2,1-2H3. The molecule has 0 aliphatic carbocycles. The van der Waals surface area contributed by atoms with Gasteiger partial charge in [0.2, 0.25) is 5.91 Å². The first kappa shape index (κ1) is 19.0. The summed E-state index contributed by atoms with van der Waals surface area (Å²) in [6, 6.07) is 5.68. The fraction of sp³-hybridized carbons (Fsp3) is 0.375. The second kappa shape index (κ2) is 7.73. The number of alkyl halides is 3. The van der Waals surface area contributed by atoms with Crippen LogP contribution in [0.3, 0.4) is 0 Å². The van der Waals surface area contributed by atoms with Crippen LogP contribution in [0.4, 0.5) is 13.2 Å². The fourth-order valence-electron chi connectivity index (χ4n) is 2.28. The van der Waals surface area contributed by atoms with Crippen LogP contribution in [0, 0.1) is 6.92 Å². The van der Waals surface area contributed by atoms with Crippen LogP contribution in [0.25, 0.3) is 0 Å². The third kappa shape index (κ3) is 5.35. The van der Waals surface area contributed by atoms with Gasteiger partial charge in [0.25, 0.3) is 0 Å². The summed E-state index contributed by atoms with van der Waals surface area (Å²) >= 11 is 1.06. The molecule has 136 valence electrons. The summed E-state index contributed by atoms with van der Waals surface area (Å²) in [5.74, 6) is -0.612. The van der Waals surface area contributed by atoms with E-state index in [1.165, 1.54) is 34.7 Å². The molecule has 0 saturated heterocycles. The Balaban J connectivity index is 2.01. The number of rotatable bonds is 6. The Kier molecular flexibility index (Phi) is 5.89. The number of carbonyl (C=O) groups excluding carboxylic acids is 1. The molecule has 25 heavy (non-hydrogen) atoms. The Morgan fingerprint density at radius 3 is 2.60 bits per heavy atom. The Bertz CT molecular complexity index is 798. The number of para-hydroxylation sites is 1. The van der Waals surface area contributed by atoms with E-state index in [4.69, 9.17) is 0 Å². The molecule has 0 radical (unpaired) electrons. The van der Waals surface area contributed by atoms with Gasteiger partial charge in [-0.1, -0.05) is 29.5 Å². The van der Waals surface area contributed by atoms with Gasteiger partial charge in [0, 0.05) is 43.2 Å². The van der Waals surface area contributed by atoms with Crippen molar-refractivity contribution in [1.29, 1.82) is 0 Å². The lowest BCUT2D eigenvalue weighted by molar-refractivity contribution is -0.275. The lowest BCUT2D eigenvalue weighted by Gasteiger charge is -2.20. The summed E-state index contributed by atoms with van der Waals surface area (Å²) in [7, 11) is 1.50. The maximum atomic E-state index is 12.4. The number of aryl methyl sites for hydroxylation is 1. The van der Waals surface area contributed by atoms with E-state index in [2.05, 4.69) is 4.74 Å². The van der Waals surface area contributed by atoms with Crippen molar-refractivity contribution in [2.45, 2.75) is 32.8 Å². The molecule has 0 N–H and O–H groups in total. The van der Waals surface area contributed by atoms with Crippen LogP contribution in [-0.2, 0) is 17.9 Å². The monoisotopic (exact) mass is 374 g/mol. The first-order valence-corrected chi connectivity index (χ1v) is 8.28. The molecule has 1 amide bonds. The normalized spacial score (nSPS) is 11.4. The maximum absolute atomic E-state index is 12.4. The molecule has 0 spiro atoms. The zero-order valence-electron chi connectivity index (χ0n) is 13.7. The molecule has 2 rings (SSSR count). The first-order valence-electron chi connectivity index (χ1n) is 7.40. The lowest BCUT2D eigenvalue weighted by atomic mass is 10.2. The van der Waals surface area contributed by atoms with Crippen LogP contribution in [0.1, 0.15) is 17.7 Å². The smallest absolute Gasteiger partial charge is 0.405 e. The molecule has 0 aliphatic rings. The van der Waals surface area contributed by atoms with Gasteiger partial charge in [0.05, 0.1) is 0 Å². The van der Waals surface area contributed by atoms with E-state index < -0.39 is 6.36 Å². The third-order valence-electron chi connectivity index (χ3n) is 3.56. The van der Waals surface area contributed by atoms with Gasteiger partial charge in [0.1, 0.15) is 5.75 Å². The molecule has 0 atom stereocenters. The number of amides is 1. The predicted octanol–water partition coefficient (Wildman–Crippen LogP) is 3.17. The molecule has 0 bridgehead atoms. The highest BCUT2D eigenvalue weighted by atomic mass is 32.1. The van der Waals surface area contributed by atoms with Crippen molar-refractivity contribution in [3.05, 3.63) is 50.6 Å². The maximum Gasteiger partial charge on any atom is 0.573 e. The quantitative estimate of drug-likeness (QED) is 0.781. The number of carbonyl (C=O) groups is 1. The molecule has 0 unspecified atom stereocenters. The second-order valence-corrected chi connectivity index (χ2v) is 6.27. The molecular weight excluding hydrogens is 357 g/mol. The minimum absolute atomic E-state index is 0.0252. The van der Waals surface area contributed by atoms with E-state index in [9.17, 15) is 22.8 Å². The van der Waals surface area contributed by atoms with Gasteiger partial charge in [-0.05, 0) is 13.0 Å². The largest absolute Gasteiger partial charge is 0.573 e. The minimum Gasteiger partial charge on any atom is -0.405 e. The van der Waals surface area contributed by atoms with Crippen molar-refractivity contribution in [3.8, 4) is 5.75 Å². The van der Waals surface area contributed by atoms with Crippen molar-refractivity contribution in [1.82, 2.24) is 9.47 Å². The van der Waals surface area contributed by atoms with E-state index >= 15 is 0 Å². The van der Waals surface area contributed by atoms with Crippen molar-refractivity contribution in [2.75, 3.05) is 7.05 Å². The van der Waals surface area contributed by atoms with Crippen LogP contribution in [-0.4, -0.2) is 28.8 Å². The van der Waals surface area contributed by atoms with Crippen molar-refractivity contribution >= 4 is 17.2 Å². The van der Waals surface area contributed by atoms with E-state index in [1.807, 2.05) is 0 Å². The topological polar surface area (TPSA) is 51.5 Å². The first-order chi connectivity index (χ1) is 11.7. The van der Waals surface area contributed by atoms with Crippen LogP contribution < -0.4 is 9.61 Å². The van der Waals surface area contributed by atoms with Gasteiger partial charge in [-0.2, -0.15) is 0 Å². The molecule has 0 saturated carbocycles. The molecule has 1 heterocycles. The highest BCUT2D eigenvalue weighted by Crippen LogP contribution is 2.27. The lowest BCUT2D eigenvalue weighted by Crippen LogP contribution is -2.29. The van der Waals surface area contributed by atoms with Gasteiger partial charge >= 0.3 is 11.2 Å². The van der Waals surface area contributed by atoms with Gasteiger partial charge in [-0.3, -0.25) is 9.59 Å². The van der Waals surface area contributed by atoms with Crippen molar-refractivity contribution < 1.29 is 22.7 Å². The van der Waals surface area contributed by atoms with Gasteiger partial charge in [-0.15, -0.1) is 13.2 Å². The zero-order valence-corrected chi connectivity index (χ0v) is 14.5. The van der Waals surface area contributed by atoms with E-state index in [0.717, 1.165) is 17.0 Å². The summed E-state index contributed by atoms with van der Waals surface area (Å²) in [6.45, 7) is 1.98. The molecule has 2 aromatic rings. The number of nitrogens with zero attached hydrogens (tertiary/aromatic N) is 2. The molecule has 5 nitrogen and oxygen atoms in total.